The second-order valence-corrected chi connectivity index (χ2v) is 6.64. The number of ether oxygens (including phenoxy) is 1. The first-order valence-corrected chi connectivity index (χ1v) is 7.79. The van der Waals surface area contributed by atoms with Crippen molar-refractivity contribution in [3.05, 3.63) is 0 Å². The van der Waals surface area contributed by atoms with Gasteiger partial charge >= 0.3 is 0 Å². The molecule has 0 radical (unpaired) electrons. The van der Waals surface area contributed by atoms with Crippen molar-refractivity contribution in [1.82, 2.24) is 4.90 Å². The average molecular weight is 266 g/mol. The van der Waals surface area contributed by atoms with Gasteiger partial charge < -0.3 is 15.4 Å². The summed E-state index contributed by atoms with van der Waals surface area (Å²) in [4.78, 5) is 14.5. The van der Waals surface area contributed by atoms with Crippen molar-refractivity contribution >= 4 is 5.91 Å². The molecule has 3 rings (SSSR count). The summed E-state index contributed by atoms with van der Waals surface area (Å²) in [6.07, 6.45) is 7.29. The molecule has 4 heteroatoms. The molecular weight excluding hydrogens is 240 g/mol. The Labute approximate surface area is 115 Å². The molecule has 2 bridgehead atoms. The molecule has 2 saturated carbocycles. The molecular formula is C15H26N2O2. The largest absolute Gasteiger partial charge is 0.376 e. The van der Waals surface area contributed by atoms with Crippen LogP contribution < -0.4 is 5.73 Å². The molecule has 3 aliphatic rings. The second kappa shape index (κ2) is 5.41. The predicted molar refractivity (Wildman–Crippen MR) is 73.5 cm³/mol. The van der Waals surface area contributed by atoms with Gasteiger partial charge in [0.2, 0.25) is 5.91 Å². The molecule has 2 N–H and O–H groups in total. The Morgan fingerprint density at radius 1 is 1.26 bits per heavy atom. The monoisotopic (exact) mass is 266 g/mol. The Kier molecular flexibility index (Phi) is 3.81. The van der Waals surface area contributed by atoms with E-state index in [1.165, 1.54) is 25.7 Å². The van der Waals surface area contributed by atoms with Crippen molar-refractivity contribution in [3.63, 3.8) is 0 Å². The van der Waals surface area contributed by atoms with Crippen molar-refractivity contribution in [3.8, 4) is 0 Å². The highest BCUT2D eigenvalue weighted by Crippen LogP contribution is 2.48. The Morgan fingerprint density at radius 2 is 2.05 bits per heavy atom. The molecule has 3 fully saturated rings. The third kappa shape index (κ3) is 2.52. The second-order valence-electron chi connectivity index (χ2n) is 6.64. The van der Waals surface area contributed by atoms with Gasteiger partial charge in [-0.05, 0) is 50.4 Å². The number of carbonyl (C=O) groups is 1. The van der Waals surface area contributed by atoms with Crippen molar-refractivity contribution in [2.45, 2.75) is 50.7 Å². The summed E-state index contributed by atoms with van der Waals surface area (Å²) in [5.74, 6) is 1.47. The van der Waals surface area contributed by atoms with Crippen molar-refractivity contribution in [2.24, 2.45) is 23.5 Å². The molecule has 1 heterocycles. The van der Waals surface area contributed by atoms with Crippen molar-refractivity contribution < 1.29 is 9.53 Å². The van der Waals surface area contributed by atoms with Gasteiger partial charge in [0.15, 0.2) is 0 Å². The number of rotatable bonds is 3. The van der Waals surface area contributed by atoms with Crippen LogP contribution in [0, 0.1) is 17.8 Å². The fraction of sp³-hybridized carbons (Fsp3) is 0.933. The number of nitrogens with zero attached hydrogens (tertiary/aromatic N) is 1. The lowest BCUT2D eigenvalue weighted by Gasteiger charge is -2.33. The third-order valence-electron chi connectivity index (χ3n) is 5.39. The van der Waals surface area contributed by atoms with Crippen LogP contribution in [0.5, 0.6) is 0 Å². The lowest BCUT2D eigenvalue weighted by Crippen LogP contribution is -2.48. The maximum atomic E-state index is 12.6. The summed E-state index contributed by atoms with van der Waals surface area (Å²) < 4.78 is 5.73. The zero-order chi connectivity index (χ0) is 13.4. The van der Waals surface area contributed by atoms with E-state index in [1.807, 2.05) is 11.9 Å². The van der Waals surface area contributed by atoms with Crippen LogP contribution >= 0.6 is 0 Å². The lowest BCUT2D eigenvalue weighted by atomic mass is 9.84. The van der Waals surface area contributed by atoms with Gasteiger partial charge in [-0.3, -0.25) is 4.79 Å². The summed E-state index contributed by atoms with van der Waals surface area (Å²) in [6.45, 7) is 1.58. The molecule has 4 nitrogen and oxygen atoms in total. The summed E-state index contributed by atoms with van der Waals surface area (Å²) in [5, 5.41) is 0. The molecule has 0 aromatic rings. The molecule has 1 amide bonds. The van der Waals surface area contributed by atoms with Gasteiger partial charge in [0, 0.05) is 26.2 Å². The van der Waals surface area contributed by atoms with Crippen LogP contribution in [0.4, 0.5) is 0 Å². The molecule has 1 saturated heterocycles. The van der Waals surface area contributed by atoms with Gasteiger partial charge in [-0.2, -0.15) is 0 Å². The van der Waals surface area contributed by atoms with Gasteiger partial charge in [0.1, 0.15) is 0 Å². The standard InChI is InChI=1S/C15H26N2O2/c1-17(9-12-4-2-3-7-19-12)15(18)13-10-5-6-11(8-10)14(13)16/h10-14H,2-9,16H2,1H3. The summed E-state index contributed by atoms with van der Waals surface area (Å²) in [6, 6.07) is 0.0981. The van der Waals surface area contributed by atoms with Crippen LogP contribution in [0.1, 0.15) is 38.5 Å². The topological polar surface area (TPSA) is 55.6 Å². The Balaban J connectivity index is 1.57. The Bertz CT molecular complexity index is 339. The van der Waals surface area contributed by atoms with E-state index in [-0.39, 0.29) is 24.0 Å². The molecule has 19 heavy (non-hydrogen) atoms. The van der Waals surface area contributed by atoms with Gasteiger partial charge in [0.05, 0.1) is 12.0 Å². The van der Waals surface area contributed by atoms with E-state index in [4.69, 9.17) is 10.5 Å². The summed E-state index contributed by atoms with van der Waals surface area (Å²) >= 11 is 0. The fourth-order valence-corrected chi connectivity index (χ4v) is 4.30. The first kappa shape index (κ1) is 13.4. The van der Waals surface area contributed by atoms with Gasteiger partial charge in [-0.15, -0.1) is 0 Å². The highest BCUT2D eigenvalue weighted by Gasteiger charge is 2.49. The number of nitrogens with two attached hydrogens (primary N) is 1. The summed E-state index contributed by atoms with van der Waals surface area (Å²) in [5.41, 5.74) is 6.26. The van der Waals surface area contributed by atoms with Gasteiger partial charge in [-0.1, -0.05) is 0 Å². The van der Waals surface area contributed by atoms with E-state index in [0.29, 0.717) is 11.8 Å². The molecule has 5 atom stereocenters. The number of fused-ring (bicyclic) bond motifs is 2. The zero-order valence-electron chi connectivity index (χ0n) is 11.9. The van der Waals surface area contributed by atoms with E-state index in [1.54, 1.807) is 0 Å². The number of amides is 1. The maximum Gasteiger partial charge on any atom is 0.227 e. The predicted octanol–water partition coefficient (Wildman–Crippen LogP) is 1.39. The van der Waals surface area contributed by atoms with Crippen LogP contribution in [0.25, 0.3) is 0 Å². The van der Waals surface area contributed by atoms with Crippen LogP contribution in [0.15, 0.2) is 0 Å². The number of likely N-dealkylation sites (N-methyl/N-ethyl adjacent to an activating group) is 1. The molecule has 2 aliphatic carbocycles. The van der Waals surface area contributed by atoms with E-state index in [0.717, 1.165) is 26.0 Å². The molecule has 0 aromatic heterocycles. The Hall–Kier alpha value is -0.610. The Morgan fingerprint density at radius 3 is 2.68 bits per heavy atom. The van der Waals surface area contributed by atoms with Crippen molar-refractivity contribution in [1.29, 1.82) is 0 Å². The van der Waals surface area contributed by atoms with E-state index < -0.39 is 0 Å². The smallest absolute Gasteiger partial charge is 0.227 e. The quantitative estimate of drug-likeness (QED) is 0.840. The SMILES string of the molecule is CN(CC1CCCCO1)C(=O)C1C2CCC(C2)C1N. The summed E-state index contributed by atoms with van der Waals surface area (Å²) in [7, 11) is 1.92. The molecule has 0 spiro atoms. The van der Waals surface area contributed by atoms with E-state index >= 15 is 0 Å². The van der Waals surface area contributed by atoms with Gasteiger partial charge in [-0.25, -0.2) is 0 Å². The number of hydrogen-bond acceptors (Lipinski definition) is 3. The van der Waals surface area contributed by atoms with Crippen molar-refractivity contribution in [2.75, 3.05) is 20.2 Å². The highest BCUT2D eigenvalue weighted by atomic mass is 16.5. The highest BCUT2D eigenvalue weighted by molar-refractivity contribution is 5.80. The maximum absolute atomic E-state index is 12.6. The minimum atomic E-state index is 0.0762. The van der Waals surface area contributed by atoms with Gasteiger partial charge in [0.25, 0.3) is 0 Å². The normalized spacial score (nSPS) is 41.5. The first-order valence-electron chi connectivity index (χ1n) is 7.79. The molecule has 0 aromatic carbocycles. The van der Waals surface area contributed by atoms with E-state index in [9.17, 15) is 4.79 Å². The van der Waals surface area contributed by atoms with Crippen LogP contribution in [-0.4, -0.2) is 43.2 Å². The molecule has 5 unspecified atom stereocenters. The minimum Gasteiger partial charge on any atom is -0.376 e. The molecule has 108 valence electrons. The first-order chi connectivity index (χ1) is 9.16. The average Bonchev–Trinajstić information content (AvgIpc) is 3.00. The van der Waals surface area contributed by atoms with Crippen LogP contribution in [-0.2, 0) is 9.53 Å². The zero-order valence-corrected chi connectivity index (χ0v) is 11.9. The number of hydrogen-bond donors (Lipinski definition) is 1. The van der Waals surface area contributed by atoms with Crippen LogP contribution in [0.3, 0.4) is 0 Å². The molecule has 1 aliphatic heterocycles. The van der Waals surface area contributed by atoms with Crippen LogP contribution in [0.2, 0.25) is 0 Å². The lowest BCUT2D eigenvalue weighted by molar-refractivity contribution is -0.138. The minimum absolute atomic E-state index is 0.0762. The number of carbonyl (C=O) groups excluding carboxylic acids is 1. The third-order valence-corrected chi connectivity index (χ3v) is 5.39. The fourth-order valence-electron chi connectivity index (χ4n) is 4.30. The van der Waals surface area contributed by atoms with E-state index in [2.05, 4.69) is 0 Å².